The van der Waals surface area contributed by atoms with Crippen molar-refractivity contribution in [2.45, 2.75) is 0 Å². The van der Waals surface area contributed by atoms with Gasteiger partial charge in [-0.3, -0.25) is 0 Å². The molecule has 0 unspecified atom stereocenters. The van der Waals surface area contributed by atoms with Gasteiger partial charge in [0.1, 0.15) is 0 Å². The molecule has 0 atom stereocenters. The van der Waals surface area contributed by atoms with E-state index in [4.69, 9.17) is 0 Å². The van der Waals surface area contributed by atoms with Crippen LogP contribution in [-0.2, 0) is 21.1 Å². The van der Waals surface area contributed by atoms with E-state index in [-0.39, 0.29) is 49.3 Å². The minimum Gasteiger partial charge on any atom is -1.00 e. The molecule has 0 nitrogen and oxygen atoms in total. The Labute approximate surface area is 50.1 Å². The smallest absolute Gasteiger partial charge is 1.00 e. The van der Waals surface area contributed by atoms with E-state index in [0.29, 0.717) is 0 Å². The molecule has 0 aliphatic rings. The van der Waals surface area contributed by atoms with Crippen molar-refractivity contribution in [2.24, 2.45) is 0 Å². The Bertz CT molecular complexity index is 4.14. The minimum atomic E-state index is 0. The summed E-state index contributed by atoms with van der Waals surface area (Å²) in [6.07, 6.45) is 0. The Kier molecular flexibility index (Phi) is 1370000. The Morgan fingerprint density at radius 3 is 0.286 bits per heavy atom. The molecule has 0 saturated carbocycles. The van der Waals surface area contributed by atoms with Crippen LogP contribution in [0.2, 0.25) is 0 Å². The zero-order valence-corrected chi connectivity index (χ0v) is 4.68. The molecule has 7 heavy (non-hydrogen) atoms. The number of hydrogen-bond donors (Lipinski definition) is 0. The van der Waals surface area contributed by atoms with Crippen LogP contribution >= 0.6 is 0 Å². The van der Waals surface area contributed by atoms with Crippen molar-refractivity contribution in [2.75, 3.05) is 0 Å². The summed E-state index contributed by atoms with van der Waals surface area (Å²) in [6.45, 7) is 0. The van der Waals surface area contributed by atoms with Crippen LogP contribution in [-0.4, -0.2) is 0 Å². The maximum Gasteiger partial charge on any atom is 3.00 e. The van der Waals surface area contributed by atoms with Gasteiger partial charge in [-0.2, -0.15) is 0 Å². The van der Waals surface area contributed by atoms with Crippen molar-refractivity contribution < 1.29 is 49.3 Å². The molecule has 0 amide bonds. The third kappa shape index (κ3) is 1590. The van der Waals surface area contributed by atoms with Crippen molar-refractivity contribution in [1.29, 1.82) is 0 Å². The maximum atomic E-state index is 0. The fourth-order valence-corrected chi connectivity index (χ4v) is 0. The summed E-state index contributed by atoms with van der Waals surface area (Å²) in [7, 11) is 0. The molecule has 1 radical (unpaired) electrons. The van der Waals surface area contributed by atoms with Crippen LogP contribution in [0.5, 0.6) is 0 Å². The van der Waals surface area contributed by atoms with Crippen LogP contribution in [0.25, 0.3) is 0 Å². The molecule has 0 aromatic carbocycles. The molecule has 0 fully saturated rings. The fraction of sp³-hybridized carbons (Fsp3) is 0. The molecule has 0 spiro atoms. The van der Waals surface area contributed by atoms with E-state index in [0.717, 1.165) is 0 Å². The van der Waals surface area contributed by atoms with Gasteiger partial charge in [-0.25, -0.2) is 0 Å². The molecule has 0 aliphatic heterocycles. The fourth-order valence-electron chi connectivity index (χ4n) is 0. The van der Waals surface area contributed by atoms with Gasteiger partial charge in [-0.1, -0.05) is 0 Å². The second-order valence-corrected chi connectivity index (χ2v) is 0. The van der Waals surface area contributed by atoms with E-state index in [2.05, 4.69) is 0 Å². The van der Waals surface area contributed by atoms with E-state index < -0.39 is 0 Å². The molecular formula is F6Mo-3. The van der Waals surface area contributed by atoms with E-state index in [1.54, 1.807) is 0 Å². The SMILES string of the molecule is [F-].[F-].[F-].[F-].[F-].[F-].[Mo+3]. The average molecular weight is 210 g/mol. The summed E-state index contributed by atoms with van der Waals surface area (Å²) >= 11 is 0. The van der Waals surface area contributed by atoms with Gasteiger partial charge >= 0.3 is 21.1 Å². The Hall–Kier alpha value is 0.268. The number of rotatable bonds is 0. The van der Waals surface area contributed by atoms with Gasteiger partial charge in [0, 0.05) is 0 Å². The van der Waals surface area contributed by atoms with Crippen molar-refractivity contribution in [1.82, 2.24) is 0 Å². The molecule has 7 heteroatoms. The second kappa shape index (κ2) is 2420. The Morgan fingerprint density at radius 1 is 0.286 bits per heavy atom. The van der Waals surface area contributed by atoms with Crippen LogP contribution in [0.3, 0.4) is 0 Å². The zero-order valence-electron chi connectivity index (χ0n) is 2.68. The molecule has 0 bridgehead atoms. The molecule has 0 N–H and O–H groups in total. The molecule has 0 heterocycles. The van der Waals surface area contributed by atoms with Crippen LogP contribution in [0.4, 0.5) is 0 Å². The van der Waals surface area contributed by atoms with Gasteiger partial charge in [-0.15, -0.1) is 0 Å². The normalized spacial score (nSPS) is 0. The predicted molar refractivity (Wildman–Crippen MR) is 0 cm³/mol. The molecule has 0 aliphatic carbocycles. The molecule has 0 saturated heterocycles. The maximum absolute atomic E-state index is 0. The van der Waals surface area contributed by atoms with E-state index >= 15 is 0 Å². The summed E-state index contributed by atoms with van der Waals surface area (Å²) in [5, 5.41) is 0. The topological polar surface area (TPSA) is 0 Å². The van der Waals surface area contributed by atoms with Crippen LogP contribution in [0, 0.1) is 0 Å². The Morgan fingerprint density at radius 2 is 0.286 bits per heavy atom. The first-order chi connectivity index (χ1) is 0. The van der Waals surface area contributed by atoms with E-state index in [1.807, 2.05) is 0 Å². The van der Waals surface area contributed by atoms with Crippen molar-refractivity contribution >= 4 is 0 Å². The first kappa shape index (κ1) is 3970. The van der Waals surface area contributed by atoms with Gasteiger partial charge in [-0.05, 0) is 0 Å². The summed E-state index contributed by atoms with van der Waals surface area (Å²) in [5.74, 6) is 0. The molecule has 0 rings (SSSR count). The van der Waals surface area contributed by atoms with Crippen molar-refractivity contribution in [3.8, 4) is 0 Å². The van der Waals surface area contributed by atoms with E-state index in [9.17, 15) is 0 Å². The molecule has 51 valence electrons. The van der Waals surface area contributed by atoms with Crippen LogP contribution in [0.15, 0.2) is 0 Å². The van der Waals surface area contributed by atoms with Gasteiger partial charge in [0.05, 0.1) is 0 Å². The largest absolute Gasteiger partial charge is 3.00 e. The molecule has 0 aromatic rings. The molecule has 0 aromatic heterocycles. The van der Waals surface area contributed by atoms with E-state index in [1.165, 1.54) is 0 Å². The van der Waals surface area contributed by atoms with Crippen molar-refractivity contribution in [3.63, 3.8) is 0 Å². The third-order valence-electron chi connectivity index (χ3n) is 0. The van der Waals surface area contributed by atoms with Gasteiger partial charge in [0.15, 0.2) is 0 Å². The van der Waals surface area contributed by atoms with Gasteiger partial charge < -0.3 is 28.2 Å². The quantitative estimate of drug-likeness (QED) is 0.275. The standard InChI is InChI=1S/6FH.Mo/h6*1H;/q;;;;;;+3/p-6. The Balaban J connectivity index is 0. The third-order valence-corrected chi connectivity index (χ3v) is 0. The van der Waals surface area contributed by atoms with Gasteiger partial charge in [0.25, 0.3) is 0 Å². The number of hydrogen-bond acceptors (Lipinski definition) is 0. The average Bonchev–Trinajstić information content (AvgIpc) is 0. The molecular weight excluding hydrogens is 210 g/mol. The monoisotopic (exact) mass is 212 g/mol. The van der Waals surface area contributed by atoms with Crippen LogP contribution < -0.4 is 28.2 Å². The first-order valence-corrected chi connectivity index (χ1v) is 0. The van der Waals surface area contributed by atoms with Crippen LogP contribution in [0.1, 0.15) is 0 Å². The predicted octanol–water partition coefficient (Wildman–Crippen LogP) is -18.0. The van der Waals surface area contributed by atoms with Gasteiger partial charge in [0.2, 0.25) is 0 Å². The second-order valence-electron chi connectivity index (χ2n) is 0. The summed E-state index contributed by atoms with van der Waals surface area (Å²) < 4.78 is 0. The number of halogens is 6. The summed E-state index contributed by atoms with van der Waals surface area (Å²) in [6, 6.07) is 0. The minimum absolute atomic E-state index is 0. The summed E-state index contributed by atoms with van der Waals surface area (Å²) in [4.78, 5) is 0. The zero-order chi connectivity index (χ0) is 0. The van der Waals surface area contributed by atoms with Crippen molar-refractivity contribution in [3.05, 3.63) is 0 Å². The summed E-state index contributed by atoms with van der Waals surface area (Å²) in [5.41, 5.74) is 0. The first-order valence-electron chi connectivity index (χ1n) is 0.